The first-order valence-electron chi connectivity index (χ1n) is 4.80. The van der Waals surface area contributed by atoms with Gasteiger partial charge in [0.25, 0.3) is 0 Å². The van der Waals surface area contributed by atoms with Gasteiger partial charge in [0.2, 0.25) is 11.9 Å². The van der Waals surface area contributed by atoms with Crippen LogP contribution in [-0.4, -0.2) is 30.6 Å². The Morgan fingerprint density at radius 1 is 1.69 bits per heavy atom. The fourth-order valence-corrected chi connectivity index (χ4v) is 1.06. The molecule has 16 heavy (non-hydrogen) atoms. The van der Waals surface area contributed by atoms with Crippen molar-refractivity contribution in [1.29, 1.82) is 0 Å². The largest absolute Gasteiger partial charge is 0.385 e. The number of hydrogen-bond donors (Lipinski definition) is 2. The zero-order valence-corrected chi connectivity index (χ0v) is 8.94. The van der Waals surface area contributed by atoms with Crippen molar-refractivity contribution in [2.75, 3.05) is 19.0 Å². The Balaban J connectivity index is 2.47. The molecule has 1 aromatic rings. The number of halogens is 1. The lowest BCUT2D eigenvalue weighted by Gasteiger charge is -2.11. The van der Waals surface area contributed by atoms with Crippen LogP contribution in [0.25, 0.3) is 0 Å². The molecule has 1 rings (SSSR count). The molecular weight excluding hydrogens is 213 g/mol. The minimum Gasteiger partial charge on any atom is -0.385 e. The molecule has 5 nitrogen and oxygen atoms in total. The number of carbonyl (C=O) groups excluding carboxylic acids is 1. The molecule has 0 radical (unpaired) electrons. The maximum Gasteiger partial charge on any atom is 0.241 e. The van der Waals surface area contributed by atoms with E-state index in [-0.39, 0.29) is 5.91 Å². The molecule has 6 heteroatoms. The molecule has 0 spiro atoms. The number of carbonyl (C=O) groups is 1. The molecule has 1 amide bonds. The molecule has 0 bridgehead atoms. The Morgan fingerprint density at radius 3 is 3.00 bits per heavy atom. The van der Waals surface area contributed by atoms with Crippen LogP contribution >= 0.6 is 0 Å². The summed E-state index contributed by atoms with van der Waals surface area (Å²) >= 11 is 0. The van der Waals surface area contributed by atoms with Gasteiger partial charge in [-0.2, -0.15) is 4.39 Å². The van der Waals surface area contributed by atoms with E-state index in [1.807, 2.05) is 0 Å². The molecule has 88 valence electrons. The monoisotopic (exact) mass is 227 g/mol. The van der Waals surface area contributed by atoms with Gasteiger partial charge >= 0.3 is 0 Å². The number of ether oxygens (including phenoxy) is 1. The standard InChI is InChI=1S/C10H14FN3O2/c1-16-5-4-8(12)10(15)14-7-2-3-9(11)13-6-7/h2-3,6,8H,4-5,12H2,1H3,(H,14,15). The van der Waals surface area contributed by atoms with Crippen molar-refractivity contribution < 1.29 is 13.9 Å². The van der Waals surface area contributed by atoms with Crippen LogP contribution in [-0.2, 0) is 9.53 Å². The van der Waals surface area contributed by atoms with Crippen molar-refractivity contribution in [3.63, 3.8) is 0 Å². The summed E-state index contributed by atoms with van der Waals surface area (Å²) in [6.45, 7) is 0.413. The molecule has 0 aliphatic rings. The first-order chi connectivity index (χ1) is 7.63. The molecule has 3 N–H and O–H groups in total. The summed E-state index contributed by atoms with van der Waals surface area (Å²) in [5.41, 5.74) is 6.01. The summed E-state index contributed by atoms with van der Waals surface area (Å²) in [7, 11) is 1.54. The summed E-state index contributed by atoms with van der Waals surface area (Å²) in [6.07, 6.45) is 1.66. The second kappa shape index (κ2) is 6.14. The molecule has 1 aromatic heterocycles. The molecule has 0 aliphatic carbocycles. The molecule has 1 heterocycles. The fourth-order valence-electron chi connectivity index (χ4n) is 1.06. The quantitative estimate of drug-likeness (QED) is 0.719. The lowest BCUT2D eigenvalue weighted by atomic mass is 10.2. The van der Waals surface area contributed by atoms with E-state index in [0.29, 0.717) is 18.7 Å². The molecular formula is C10H14FN3O2. The summed E-state index contributed by atoms with van der Waals surface area (Å²) < 4.78 is 17.3. The SMILES string of the molecule is COCCC(N)C(=O)Nc1ccc(F)nc1. The zero-order chi connectivity index (χ0) is 12.0. The summed E-state index contributed by atoms with van der Waals surface area (Å²) in [6, 6.07) is 1.93. The normalized spacial score (nSPS) is 12.2. The third-order valence-corrected chi connectivity index (χ3v) is 1.96. The average molecular weight is 227 g/mol. The number of nitrogens with two attached hydrogens (primary N) is 1. The van der Waals surface area contributed by atoms with Crippen molar-refractivity contribution in [1.82, 2.24) is 4.98 Å². The summed E-state index contributed by atoms with van der Waals surface area (Å²) in [5, 5.41) is 2.53. The van der Waals surface area contributed by atoms with E-state index in [4.69, 9.17) is 10.5 Å². The highest BCUT2D eigenvalue weighted by molar-refractivity contribution is 5.94. The molecule has 0 aliphatic heterocycles. The van der Waals surface area contributed by atoms with Gasteiger partial charge < -0.3 is 15.8 Å². The Kier molecular flexibility index (Phi) is 4.81. The van der Waals surface area contributed by atoms with Crippen LogP contribution in [0.1, 0.15) is 6.42 Å². The molecule has 0 fully saturated rings. The third kappa shape index (κ3) is 3.92. The predicted molar refractivity (Wildman–Crippen MR) is 57.3 cm³/mol. The molecule has 0 saturated heterocycles. The van der Waals surface area contributed by atoms with Crippen molar-refractivity contribution in [3.05, 3.63) is 24.3 Å². The number of aromatic nitrogens is 1. The Labute approximate surface area is 92.8 Å². The second-order valence-electron chi connectivity index (χ2n) is 3.25. The topological polar surface area (TPSA) is 77.2 Å². The van der Waals surface area contributed by atoms with Crippen LogP contribution in [0, 0.1) is 5.95 Å². The van der Waals surface area contributed by atoms with Gasteiger partial charge in [0.1, 0.15) is 0 Å². The van der Waals surface area contributed by atoms with E-state index >= 15 is 0 Å². The van der Waals surface area contributed by atoms with Gasteiger partial charge in [-0.1, -0.05) is 0 Å². The smallest absolute Gasteiger partial charge is 0.241 e. The average Bonchev–Trinajstić information content (AvgIpc) is 2.29. The van der Waals surface area contributed by atoms with Gasteiger partial charge in [-0.05, 0) is 18.6 Å². The first-order valence-corrected chi connectivity index (χ1v) is 4.80. The van der Waals surface area contributed by atoms with E-state index in [0.717, 1.165) is 6.07 Å². The minimum absolute atomic E-state index is 0.342. The first kappa shape index (κ1) is 12.5. The van der Waals surface area contributed by atoms with Crippen molar-refractivity contribution in [3.8, 4) is 0 Å². The summed E-state index contributed by atoms with van der Waals surface area (Å²) in [4.78, 5) is 14.9. The lowest BCUT2D eigenvalue weighted by molar-refractivity contribution is -0.117. The van der Waals surface area contributed by atoms with Gasteiger partial charge in [0.15, 0.2) is 0 Å². The van der Waals surface area contributed by atoms with Crippen molar-refractivity contribution in [2.45, 2.75) is 12.5 Å². The molecule has 0 aromatic carbocycles. The number of amides is 1. The van der Waals surface area contributed by atoms with Crippen LogP contribution in [0.15, 0.2) is 18.3 Å². The fraction of sp³-hybridized carbons (Fsp3) is 0.400. The molecule has 1 unspecified atom stereocenters. The van der Waals surface area contributed by atoms with Gasteiger partial charge in [-0.25, -0.2) is 4.98 Å². The zero-order valence-electron chi connectivity index (χ0n) is 8.94. The number of methoxy groups -OCH3 is 1. The number of rotatable bonds is 5. The second-order valence-corrected chi connectivity index (χ2v) is 3.25. The van der Waals surface area contributed by atoms with Gasteiger partial charge in [0.05, 0.1) is 17.9 Å². The predicted octanol–water partition coefficient (Wildman–Crippen LogP) is 0.523. The van der Waals surface area contributed by atoms with Gasteiger partial charge in [-0.15, -0.1) is 0 Å². The van der Waals surface area contributed by atoms with Crippen LogP contribution in [0.4, 0.5) is 10.1 Å². The molecule has 1 atom stereocenters. The van der Waals surface area contributed by atoms with E-state index in [2.05, 4.69) is 10.3 Å². The van der Waals surface area contributed by atoms with Crippen molar-refractivity contribution in [2.24, 2.45) is 5.73 Å². The van der Waals surface area contributed by atoms with Crippen LogP contribution in [0.2, 0.25) is 0 Å². The van der Waals surface area contributed by atoms with Crippen LogP contribution in [0.5, 0.6) is 0 Å². The van der Waals surface area contributed by atoms with Crippen LogP contribution in [0.3, 0.4) is 0 Å². The highest BCUT2D eigenvalue weighted by atomic mass is 19.1. The number of nitrogens with one attached hydrogen (secondary N) is 1. The lowest BCUT2D eigenvalue weighted by Crippen LogP contribution is -2.36. The molecule has 0 saturated carbocycles. The van der Waals surface area contributed by atoms with E-state index in [1.165, 1.54) is 19.4 Å². The van der Waals surface area contributed by atoms with E-state index in [9.17, 15) is 9.18 Å². The number of nitrogens with zero attached hydrogens (tertiary/aromatic N) is 1. The highest BCUT2D eigenvalue weighted by Gasteiger charge is 2.13. The Hall–Kier alpha value is -1.53. The number of anilines is 1. The summed E-state index contributed by atoms with van der Waals surface area (Å²) in [5.74, 6) is -0.938. The maximum absolute atomic E-state index is 12.5. The Bertz CT molecular complexity index is 342. The van der Waals surface area contributed by atoms with Crippen molar-refractivity contribution >= 4 is 11.6 Å². The van der Waals surface area contributed by atoms with E-state index < -0.39 is 12.0 Å². The number of pyridine rings is 1. The third-order valence-electron chi connectivity index (χ3n) is 1.96. The van der Waals surface area contributed by atoms with Gasteiger partial charge in [0, 0.05) is 13.7 Å². The number of hydrogen-bond acceptors (Lipinski definition) is 4. The highest BCUT2D eigenvalue weighted by Crippen LogP contribution is 2.05. The minimum atomic E-state index is -0.648. The van der Waals surface area contributed by atoms with E-state index in [1.54, 1.807) is 0 Å². The Morgan fingerprint density at radius 2 is 2.44 bits per heavy atom. The van der Waals surface area contributed by atoms with Crippen LogP contribution < -0.4 is 11.1 Å². The maximum atomic E-state index is 12.5. The van der Waals surface area contributed by atoms with Gasteiger partial charge in [-0.3, -0.25) is 4.79 Å².